The molecule has 0 heterocycles. The smallest absolute Gasteiger partial charge is 0.0446 e. The Morgan fingerprint density at radius 3 is 2.38 bits per heavy atom. The van der Waals surface area contributed by atoms with Gasteiger partial charge in [0.2, 0.25) is 0 Å². The van der Waals surface area contributed by atoms with E-state index in [4.69, 9.17) is 0 Å². The van der Waals surface area contributed by atoms with E-state index in [0.717, 1.165) is 19.0 Å². The average molecular weight is 288 g/mol. The lowest BCUT2D eigenvalue weighted by molar-refractivity contribution is 0.172. The predicted octanol–water partition coefficient (Wildman–Crippen LogP) is 4.02. The molecule has 21 heavy (non-hydrogen) atoms. The number of hydrogen-bond acceptors (Lipinski definition) is 2. The minimum atomic E-state index is 0.445. The fourth-order valence-electron chi connectivity index (χ4n) is 3.20. The third-order valence-electron chi connectivity index (χ3n) is 4.90. The largest absolute Gasteiger partial charge is 0.312 e. The Hall–Kier alpha value is -0.860. The Bertz CT molecular complexity index is 395. The van der Waals surface area contributed by atoms with Crippen molar-refractivity contribution in [3.8, 4) is 0 Å². The molecule has 1 unspecified atom stereocenters. The summed E-state index contributed by atoms with van der Waals surface area (Å²) in [5.41, 5.74) is 2.88. The van der Waals surface area contributed by atoms with Crippen LogP contribution < -0.4 is 5.32 Å². The van der Waals surface area contributed by atoms with Crippen LogP contribution in [0.5, 0.6) is 0 Å². The summed E-state index contributed by atoms with van der Waals surface area (Å²) in [6.07, 6.45) is 6.72. The van der Waals surface area contributed by atoms with E-state index in [-0.39, 0.29) is 0 Å². The van der Waals surface area contributed by atoms with Gasteiger partial charge in [-0.2, -0.15) is 0 Å². The first-order valence-electron chi connectivity index (χ1n) is 8.75. The number of likely N-dealkylation sites (N-methyl/N-ethyl adjacent to an activating group) is 2. The second-order valence-corrected chi connectivity index (χ2v) is 6.48. The van der Waals surface area contributed by atoms with Crippen LogP contribution in [0.25, 0.3) is 0 Å². The molecule has 1 N–H and O–H groups in total. The van der Waals surface area contributed by atoms with E-state index in [0.29, 0.717) is 6.04 Å². The SMILES string of the molecule is CCCc1ccc(C(CN(CC)CC2CCC2)NC)cc1. The molecular weight excluding hydrogens is 256 g/mol. The Balaban J connectivity index is 1.93. The normalized spacial score (nSPS) is 17.0. The number of hydrogen-bond donors (Lipinski definition) is 1. The third kappa shape index (κ3) is 4.82. The van der Waals surface area contributed by atoms with Crippen molar-refractivity contribution >= 4 is 0 Å². The third-order valence-corrected chi connectivity index (χ3v) is 4.90. The molecule has 1 aromatic carbocycles. The van der Waals surface area contributed by atoms with Gasteiger partial charge in [-0.1, -0.05) is 51.0 Å². The highest BCUT2D eigenvalue weighted by molar-refractivity contribution is 5.25. The lowest BCUT2D eigenvalue weighted by atomic mass is 9.85. The van der Waals surface area contributed by atoms with Crippen molar-refractivity contribution in [2.24, 2.45) is 5.92 Å². The lowest BCUT2D eigenvalue weighted by Gasteiger charge is -2.34. The number of benzene rings is 1. The van der Waals surface area contributed by atoms with Crippen molar-refractivity contribution in [3.63, 3.8) is 0 Å². The van der Waals surface area contributed by atoms with E-state index in [9.17, 15) is 0 Å². The van der Waals surface area contributed by atoms with Crippen LogP contribution in [-0.2, 0) is 6.42 Å². The van der Waals surface area contributed by atoms with Crippen LogP contribution in [0.15, 0.2) is 24.3 Å². The van der Waals surface area contributed by atoms with Gasteiger partial charge in [-0.3, -0.25) is 0 Å². The van der Waals surface area contributed by atoms with Gasteiger partial charge in [-0.05, 0) is 49.9 Å². The molecule has 118 valence electrons. The van der Waals surface area contributed by atoms with Crippen molar-refractivity contribution in [2.75, 3.05) is 26.7 Å². The Labute approximate surface area is 130 Å². The summed E-state index contributed by atoms with van der Waals surface area (Å²) in [6.45, 7) is 8.08. The Morgan fingerprint density at radius 1 is 1.19 bits per heavy atom. The van der Waals surface area contributed by atoms with E-state index < -0.39 is 0 Å². The van der Waals surface area contributed by atoms with Crippen LogP contribution in [0.2, 0.25) is 0 Å². The highest BCUT2D eigenvalue weighted by Crippen LogP contribution is 2.27. The topological polar surface area (TPSA) is 15.3 Å². The zero-order valence-electron chi connectivity index (χ0n) is 14.1. The molecule has 1 aliphatic carbocycles. The van der Waals surface area contributed by atoms with Gasteiger partial charge in [0.25, 0.3) is 0 Å². The van der Waals surface area contributed by atoms with Crippen LogP contribution >= 0.6 is 0 Å². The number of nitrogens with zero attached hydrogens (tertiary/aromatic N) is 1. The van der Waals surface area contributed by atoms with Crippen LogP contribution in [0.1, 0.15) is 56.7 Å². The minimum absolute atomic E-state index is 0.445. The summed E-state index contributed by atoms with van der Waals surface area (Å²) >= 11 is 0. The zero-order chi connectivity index (χ0) is 15.1. The summed E-state index contributed by atoms with van der Waals surface area (Å²) in [6, 6.07) is 9.66. The highest BCUT2D eigenvalue weighted by Gasteiger charge is 2.21. The fraction of sp³-hybridized carbons (Fsp3) is 0.684. The van der Waals surface area contributed by atoms with Gasteiger partial charge in [-0.25, -0.2) is 0 Å². The Kier molecular flexibility index (Phi) is 6.72. The van der Waals surface area contributed by atoms with Gasteiger partial charge in [0.15, 0.2) is 0 Å². The summed E-state index contributed by atoms with van der Waals surface area (Å²) < 4.78 is 0. The molecule has 1 aliphatic rings. The molecule has 0 saturated heterocycles. The quantitative estimate of drug-likeness (QED) is 0.738. The van der Waals surface area contributed by atoms with Crippen molar-refractivity contribution in [2.45, 2.75) is 52.0 Å². The molecule has 1 atom stereocenters. The van der Waals surface area contributed by atoms with Crippen LogP contribution in [-0.4, -0.2) is 31.6 Å². The maximum Gasteiger partial charge on any atom is 0.0446 e. The second kappa shape index (κ2) is 8.55. The van der Waals surface area contributed by atoms with E-state index in [1.165, 1.54) is 49.8 Å². The maximum absolute atomic E-state index is 3.50. The molecule has 0 aromatic heterocycles. The first kappa shape index (κ1) is 16.5. The standard InChI is InChI=1S/C19H32N2/c1-4-7-16-10-12-18(13-11-16)19(20-3)15-21(5-2)14-17-8-6-9-17/h10-13,17,19-20H,4-9,14-15H2,1-3H3. The summed E-state index contributed by atoms with van der Waals surface area (Å²) in [5.74, 6) is 0.953. The minimum Gasteiger partial charge on any atom is -0.312 e. The van der Waals surface area contributed by atoms with E-state index in [1.54, 1.807) is 0 Å². The molecule has 1 fully saturated rings. The molecule has 2 heteroatoms. The van der Waals surface area contributed by atoms with Gasteiger partial charge >= 0.3 is 0 Å². The maximum atomic E-state index is 3.50. The van der Waals surface area contributed by atoms with E-state index in [2.05, 4.69) is 55.4 Å². The molecule has 0 spiro atoms. The first-order valence-corrected chi connectivity index (χ1v) is 8.75. The highest BCUT2D eigenvalue weighted by atomic mass is 15.1. The molecule has 0 aliphatic heterocycles. The van der Waals surface area contributed by atoms with Gasteiger partial charge < -0.3 is 10.2 Å². The fourth-order valence-corrected chi connectivity index (χ4v) is 3.20. The zero-order valence-corrected chi connectivity index (χ0v) is 14.1. The summed E-state index contributed by atoms with van der Waals surface area (Å²) in [5, 5.41) is 3.50. The van der Waals surface area contributed by atoms with Crippen LogP contribution in [0.4, 0.5) is 0 Å². The summed E-state index contributed by atoms with van der Waals surface area (Å²) in [7, 11) is 2.09. The van der Waals surface area contributed by atoms with Crippen molar-refractivity contribution in [3.05, 3.63) is 35.4 Å². The lowest BCUT2D eigenvalue weighted by Crippen LogP contribution is -2.38. The molecule has 0 radical (unpaired) electrons. The van der Waals surface area contributed by atoms with E-state index >= 15 is 0 Å². The molecule has 1 saturated carbocycles. The Morgan fingerprint density at radius 2 is 1.90 bits per heavy atom. The molecule has 2 nitrogen and oxygen atoms in total. The molecule has 1 aromatic rings. The van der Waals surface area contributed by atoms with Crippen LogP contribution in [0, 0.1) is 5.92 Å². The first-order chi connectivity index (χ1) is 10.3. The molecule has 0 bridgehead atoms. The number of rotatable bonds is 9. The van der Waals surface area contributed by atoms with Crippen molar-refractivity contribution in [1.29, 1.82) is 0 Å². The van der Waals surface area contributed by atoms with Gasteiger partial charge in [0.1, 0.15) is 0 Å². The van der Waals surface area contributed by atoms with Gasteiger partial charge in [-0.15, -0.1) is 0 Å². The van der Waals surface area contributed by atoms with Crippen molar-refractivity contribution < 1.29 is 0 Å². The summed E-state index contributed by atoms with van der Waals surface area (Å²) in [4.78, 5) is 2.62. The van der Waals surface area contributed by atoms with Gasteiger partial charge in [0, 0.05) is 19.1 Å². The van der Waals surface area contributed by atoms with E-state index in [1.807, 2.05) is 0 Å². The van der Waals surface area contributed by atoms with Crippen LogP contribution in [0.3, 0.4) is 0 Å². The number of nitrogens with one attached hydrogen (secondary N) is 1. The average Bonchev–Trinajstić information content (AvgIpc) is 2.47. The molecular formula is C19H32N2. The predicted molar refractivity (Wildman–Crippen MR) is 91.7 cm³/mol. The second-order valence-electron chi connectivity index (χ2n) is 6.48. The monoisotopic (exact) mass is 288 g/mol. The molecule has 0 amide bonds. The molecule has 2 rings (SSSR count). The van der Waals surface area contributed by atoms with Crippen molar-refractivity contribution in [1.82, 2.24) is 10.2 Å². The number of aryl methyl sites for hydroxylation is 1. The van der Waals surface area contributed by atoms with Gasteiger partial charge in [0.05, 0.1) is 0 Å².